The molecule has 2 aromatic rings. The van der Waals surface area contributed by atoms with Crippen LogP contribution in [-0.4, -0.2) is 69.9 Å². The Hall–Kier alpha value is -2.81. The smallest absolute Gasteiger partial charge is 0.409 e. The number of amides is 2. The van der Waals surface area contributed by atoms with Crippen LogP contribution in [0.2, 0.25) is 0 Å². The summed E-state index contributed by atoms with van der Waals surface area (Å²) in [6, 6.07) is 7.16. The van der Waals surface area contributed by atoms with E-state index in [4.69, 9.17) is 4.74 Å². The first-order valence-corrected chi connectivity index (χ1v) is 10.5. The maximum Gasteiger partial charge on any atom is 0.409 e. The Labute approximate surface area is 173 Å². The van der Waals surface area contributed by atoms with E-state index in [1.54, 1.807) is 41.0 Å². The molecule has 2 amide bonds. The van der Waals surface area contributed by atoms with Gasteiger partial charge in [0.1, 0.15) is 0 Å². The van der Waals surface area contributed by atoms with Crippen LogP contribution in [0.15, 0.2) is 46.9 Å². The van der Waals surface area contributed by atoms with Crippen LogP contribution in [-0.2, 0) is 16.1 Å². The van der Waals surface area contributed by atoms with Crippen LogP contribution < -0.4 is 5.56 Å². The van der Waals surface area contributed by atoms with E-state index in [1.807, 2.05) is 6.07 Å². The third-order valence-corrected chi connectivity index (χ3v) is 5.58. The second kappa shape index (κ2) is 9.60. The monoisotopic (exact) mass is 416 g/mol. The first-order chi connectivity index (χ1) is 14.0. The van der Waals surface area contributed by atoms with Gasteiger partial charge in [-0.2, -0.15) is 0 Å². The van der Waals surface area contributed by atoms with Crippen molar-refractivity contribution in [2.24, 2.45) is 0 Å². The maximum absolute atomic E-state index is 12.8. The number of allylic oxidation sites excluding steroid dienone is 1. The van der Waals surface area contributed by atoms with Crippen LogP contribution in [0.5, 0.6) is 0 Å². The standard InChI is InChI=1S/C20H24N4O4S/c1-3-9-24-18(26)15-7-5-6-8-16(15)21-19(24)29-14-17(25)22-10-12-23(13-11-22)20(27)28-4-2/h3,5-8H,1,4,9-14H2,2H3. The molecule has 0 bridgehead atoms. The topological polar surface area (TPSA) is 84.7 Å². The zero-order valence-corrected chi connectivity index (χ0v) is 17.2. The van der Waals surface area contributed by atoms with E-state index in [0.29, 0.717) is 55.4 Å². The van der Waals surface area contributed by atoms with Gasteiger partial charge in [-0.1, -0.05) is 30.0 Å². The van der Waals surface area contributed by atoms with Gasteiger partial charge in [-0.3, -0.25) is 14.2 Å². The molecule has 0 unspecified atom stereocenters. The Morgan fingerprint density at radius 2 is 1.90 bits per heavy atom. The van der Waals surface area contributed by atoms with Crippen LogP contribution in [0.4, 0.5) is 4.79 Å². The Morgan fingerprint density at radius 1 is 1.21 bits per heavy atom. The molecule has 9 heteroatoms. The fourth-order valence-electron chi connectivity index (χ4n) is 3.12. The van der Waals surface area contributed by atoms with E-state index in [-0.39, 0.29) is 23.3 Å². The average molecular weight is 417 g/mol. The predicted molar refractivity (Wildman–Crippen MR) is 112 cm³/mol. The van der Waals surface area contributed by atoms with Crippen LogP contribution in [0.3, 0.4) is 0 Å². The first-order valence-electron chi connectivity index (χ1n) is 9.48. The van der Waals surface area contributed by atoms with Crippen molar-refractivity contribution in [2.75, 3.05) is 38.5 Å². The first kappa shape index (κ1) is 20.9. The number of benzene rings is 1. The molecule has 0 spiro atoms. The third kappa shape index (κ3) is 4.79. The predicted octanol–water partition coefficient (Wildman–Crippen LogP) is 1.98. The van der Waals surface area contributed by atoms with E-state index in [0.717, 1.165) is 0 Å². The highest BCUT2D eigenvalue weighted by Gasteiger charge is 2.25. The second-order valence-electron chi connectivity index (χ2n) is 6.47. The number of ether oxygens (including phenoxy) is 1. The lowest BCUT2D eigenvalue weighted by Crippen LogP contribution is -2.51. The lowest BCUT2D eigenvalue weighted by molar-refractivity contribution is -0.129. The Morgan fingerprint density at radius 3 is 2.59 bits per heavy atom. The molecule has 0 radical (unpaired) electrons. The molecule has 2 heterocycles. The molecule has 0 saturated carbocycles. The second-order valence-corrected chi connectivity index (χ2v) is 7.41. The molecule has 154 valence electrons. The normalized spacial score (nSPS) is 14.1. The summed E-state index contributed by atoms with van der Waals surface area (Å²) in [4.78, 5) is 45.0. The molecule has 1 aromatic carbocycles. The molecule has 29 heavy (non-hydrogen) atoms. The van der Waals surface area contributed by atoms with Gasteiger partial charge in [0, 0.05) is 32.7 Å². The molecular weight excluding hydrogens is 392 g/mol. The summed E-state index contributed by atoms with van der Waals surface area (Å²) in [6.07, 6.45) is 1.29. The van der Waals surface area contributed by atoms with Crippen molar-refractivity contribution in [1.82, 2.24) is 19.4 Å². The van der Waals surface area contributed by atoms with Crippen molar-refractivity contribution < 1.29 is 14.3 Å². The third-order valence-electron chi connectivity index (χ3n) is 4.62. The molecule has 1 aromatic heterocycles. The summed E-state index contributed by atoms with van der Waals surface area (Å²) < 4.78 is 6.53. The van der Waals surface area contributed by atoms with Gasteiger partial charge < -0.3 is 14.5 Å². The van der Waals surface area contributed by atoms with E-state index in [9.17, 15) is 14.4 Å². The average Bonchev–Trinajstić information content (AvgIpc) is 2.74. The molecular formula is C20H24N4O4S. The lowest BCUT2D eigenvalue weighted by Gasteiger charge is -2.34. The summed E-state index contributed by atoms with van der Waals surface area (Å²) in [5.74, 6) is 0.118. The van der Waals surface area contributed by atoms with Gasteiger partial charge in [-0.25, -0.2) is 9.78 Å². The molecule has 1 aliphatic rings. The molecule has 1 saturated heterocycles. The summed E-state index contributed by atoms with van der Waals surface area (Å²) in [6.45, 7) is 7.95. The molecule has 1 fully saturated rings. The van der Waals surface area contributed by atoms with Gasteiger partial charge in [0.2, 0.25) is 5.91 Å². The van der Waals surface area contributed by atoms with Crippen LogP contribution >= 0.6 is 11.8 Å². The maximum atomic E-state index is 12.8. The number of hydrogen-bond acceptors (Lipinski definition) is 6. The van der Waals surface area contributed by atoms with Crippen molar-refractivity contribution in [2.45, 2.75) is 18.6 Å². The van der Waals surface area contributed by atoms with Crippen molar-refractivity contribution in [1.29, 1.82) is 0 Å². The van der Waals surface area contributed by atoms with E-state index in [2.05, 4.69) is 11.6 Å². The highest BCUT2D eigenvalue weighted by molar-refractivity contribution is 7.99. The largest absolute Gasteiger partial charge is 0.450 e. The summed E-state index contributed by atoms with van der Waals surface area (Å²) >= 11 is 1.24. The number of hydrogen-bond donors (Lipinski definition) is 0. The molecule has 0 N–H and O–H groups in total. The van der Waals surface area contributed by atoms with Gasteiger partial charge in [0.05, 0.1) is 23.3 Å². The van der Waals surface area contributed by atoms with Gasteiger partial charge in [-0.15, -0.1) is 6.58 Å². The minimum atomic E-state index is -0.345. The van der Waals surface area contributed by atoms with Gasteiger partial charge in [0.15, 0.2) is 5.16 Å². The van der Waals surface area contributed by atoms with E-state index in [1.165, 1.54) is 16.3 Å². The number of nitrogens with zero attached hydrogens (tertiary/aromatic N) is 4. The number of fused-ring (bicyclic) bond motifs is 1. The Balaban J connectivity index is 1.67. The van der Waals surface area contributed by atoms with Gasteiger partial charge in [0.25, 0.3) is 5.56 Å². The van der Waals surface area contributed by atoms with E-state index >= 15 is 0 Å². The lowest BCUT2D eigenvalue weighted by atomic mass is 10.2. The number of carbonyl (C=O) groups is 2. The number of thioether (sulfide) groups is 1. The number of para-hydroxylation sites is 1. The highest BCUT2D eigenvalue weighted by atomic mass is 32.2. The zero-order valence-electron chi connectivity index (χ0n) is 16.4. The van der Waals surface area contributed by atoms with Crippen molar-refractivity contribution in [3.63, 3.8) is 0 Å². The number of carbonyl (C=O) groups excluding carboxylic acids is 2. The van der Waals surface area contributed by atoms with Gasteiger partial charge >= 0.3 is 6.09 Å². The van der Waals surface area contributed by atoms with Crippen LogP contribution in [0.1, 0.15) is 6.92 Å². The highest BCUT2D eigenvalue weighted by Crippen LogP contribution is 2.19. The van der Waals surface area contributed by atoms with Crippen LogP contribution in [0, 0.1) is 0 Å². The quantitative estimate of drug-likeness (QED) is 0.407. The fourth-order valence-corrected chi connectivity index (χ4v) is 4.03. The van der Waals surface area contributed by atoms with Gasteiger partial charge in [-0.05, 0) is 19.1 Å². The zero-order chi connectivity index (χ0) is 20.8. The SMILES string of the molecule is C=CCn1c(SCC(=O)N2CCN(C(=O)OCC)CC2)nc2ccccc2c1=O. The molecule has 1 aliphatic heterocycles. The fraction of sp³-hybridized carbons (Fsp3) is 0.400. The van der Waals surface area contributed by atoms with Crippen molar-refractivity contribution in [3.05, 3.63) is 47.3 Å². The molecule has 8 nitrogen and oxygen atoms in total. The van der Waals surface area contributed by atoms with E-state index < -0.39 is 0 Å². The molecule has 3 rings (SSSR count). The van der Waals surface area contributed by atoms with Crippen molar-refractivity contribution >= 4 is 34.7 Å². The number of rotatable bonds is 6. The minimum absolute atomic E-state index is 0.0499. The minimum Gasteiger partial charge on any atom is -0.450 e. The van der Waals surface area contributed by atoms with Crippen molar-refractivity contribution in [3.8, 4) is 0 Å². The molecule has 0 atom stereocenters. The summed E-state index contributed by atoms with van der Waals surface area (Å²) in [7, 11) is 0. The summed E-state index contributed by atoms with van der Waals surface area (Å²) in [5.41, 5.74) is 0.462. The summed E-state index contributed by atoms with van der Waals surface area (Å²) in [5, 5.41) is 1.03. The molecule has 0 aliphatic carbocycles. The number of aromatic nitrogens is 2. The Kier molecular flexibility index (Phi) is 6.92. The Bertz CT molecular complexity index is 967. The van der Waals surface area contributed by atoms with Crippen LogP contribution in [0.25, 0.3) is 10.9 Å². The number of piperazine rings is 1.